The number of thiophene rings is 1. The average molecular weight is 594 g/mol. The molecule has 0 fully saturated rings. The SMILES string of the molecule is Cc1ccc(-c2c(C)sc3nc(SCC(=O)c4cc(C)n(-c5cccc(F)c5)c4C)n(-c4ccccc4)c(=O)c23)cc1. The van der Waals surface area contributed by atoms with Crippen LogP contribution in [0.2, 0.25) is 0 Å². The fourth-order valence-electron chi connectivity index (χ4n) is 5.38. The second kappa shape index (κ2) is 11.2. The summed E-state index contributed by atoms with van der Waals surface area (Å²) in [4.78, 5) is 34.4. The number of aryl methyl sites for hydroxylation is 3. The number of carbonyl (C=O) groups is 1. The molecule has 0 aliphatic carbocycles. The number of nitrogens with zero attached hydrogens (tertiary/aromatic N) is 3. The summed E-state index contributed by atoms with van der Waals surface area (Å²) in [7, 11) is 0. The summed E-state index contributed by atoms with van der Waals surface area (Å²) >= 11 is 2.74. The van der Waals surface area contributed by atoms with Gasteiger partial charge in [0.05, 0.1) is 16.8 Å². The standard InChI is InChI=1S/C34H28FN3O2S2/c1-20-13-15-24(16-14-20)30-23(4)42-32-31(30)33(40)38(26-10-6-5-7-11-26)34(36-32)41-19-29(39)28-17-21(2)37(22(28)3)27-12-8-9-25(35)18-27/h5-18H,19H2,1-4H3. The summed E-state index contributed by atoms with van der Waals surface area (Å²) < 4.78 is 17.4. The fourth-order valence-corrected chi connectivity index (χ4v) is 7.36. The first-order chi connectivity index (χ1) is 20.2. The van der Waals surface area contributed by atoms with E-state index in [2.05, 4.69) is 0 Å². The first-order valence-electron chi connectivity index (χ1n) is 13.5. The number of benzene rings is 3. The molecule has 0 saturated carbocycles. The van der Waals surface area contributed by atoms with Crippen LogP contribution in [0, 0.1) is 33.5 Å². The van der Waals surface area contributed by atoms with Crippen LogP contribution in [0.3, 0.4) is 0 Å². The van der Waals surface area contributed by atoms with Crippen LogP contribution in [0.25, 0.3) is 32.7 Å². The van der Waals surface area contributed by atoms with Crippen LogP contribution in [0.1, 0.15) is 32.2 Å². The Kier molecular flexibility index (Phi) is 7.43. The van der Waals surface area contributed by atoms with E-state index in [1.165, 1.54) is 35.2 Å². The maximum absolute atomic E-state index is 14.2. The molecule has 210 valence electrons. The fraction of sp³-hybridized carbons (Fsp3) is 0.147. The van der Waals surface area contributed by atoms with Crippen molar-refractivity contribution in [2.75, 3.05) is 5.75 Å². The monoisotopic (exact) mass is 593 g/mol. The molecule has 0 aliphatic heterocycles. The summed E-state index contributed by atoms with van der Waals surface area (Å²) in [5, 5.41) is 1.04. The van der Waals surface area contributed by atoms with Gasteiger partial charge in [-0.1, -0.05) is 65.9 Å². The first kappa shape index (κ1) is 27.9. The number of carbonyl (C=O) groups excluding carboxylic acids is 1. The second-order valence-electron chi connectivity index (χ2n) is 10.3. The molecule has 5 nitrogen and oxygen atoms in total. The number of thioether (sulfide) groups is 1. The van der Waals surface area contributed by atoms with Gasteiger partial charge in [-0.05, 0) is 69.7 Å². The molecule has 0 spiro atoms. The van der Waals surface area contributed by atoms with Gasteiger partial charge in [0.1, 0.15) is 10.6 Å². The number of fused-ring (bicyclic) bond motifs is 1. The highest BCUT2D eigenvalue weighted by Gasteiger charge is 2.23. The number of Topliss-reactive ketones (excluding diaryl/α,β-unsaturated/α-hetero) is 1. The third-order valence-electron chi connectivity index (χ3n) is 7.36. The Morgan fingerprint density at radius 2 is 1.60 bits per heavy atom. The van der Waals surface area contributed by atoms with Crippen molar-refractivity contribution in [1.82, 2.24) is 14.1 Å². The smallest absolute Gasteiger partial charge is 0.268 e. The van der Waals surface area contributed by atoms with Crippen LogP contribution in [-0.2, 0) is 0 Å². The van der Waals surface area contributed by atoms with Crippen LogP contribution < -0.4 is 5.56 Å². The van der Waals surface area contributed by atoms with Crippen LogP contribution in [0.4, 0.5) is 4.39 Å². The average Bonchev–Trinajstić information content (AvgIpc) is 3.47. The van der Waals surface area contributed by atoms with Crippen molar-refractivity contribution in [3.05, 3.63) is 128 Å². The van der Waals surface area contributed by atoms with Crippen LogP contribution in [-0.4, -0.2) is 25.7 Å². The Morgan fingerprint density at radius 3 is 2.31 bits per heavy atom. The van der Waals surface area contributed by atoms with Gasteiger partial charge in [-0.3, -0.25) is 14.2 Å². The van der Waals surface area contributed by atoms with Gasteiger partial charge in [0.25, 0.3) is 5.56 Å². The summed E-state index contributed by atoms with van der Waals surface area (Å²) in [5.41, 5.74) is 6.36. The zero-order valence-corrected chi connectivity index (χ0v) is 25.3. The Balaban J connectivity index is 1.41. The summed E-state index contributed by atoms with van der Waals surface area (Å²) in [6.07, 6.45) is 0. The predicted molar refractivity (Wildman–Crippen MR) is 170 cm³/mol. The zero-order valence-electron chi connectivity index (χ0n) is 23.6. The third kappa shape index (κ3) is 5.01. The van der Waals surface area contributed by atoms with Crippen molar-refractivity contribution in [1.29, 1.82) is 0 Å². The van der Waals surface area contributed by atoms with Crippen LogP contribution >= 0.6 is 23.1 Å². The molecule has 6 rings (SSSR count). The number of ketones is 1. The van der Waals surface area contributed by atoms with Crippen molar-refractivity contribution in [2.45, 2.75) is 32.9 Å². The Bertz CT molecular complexity index is 2020. The van der Waals surface area contributed by atoms with Gasteiger partial charge in [-0.2, -0.15) is 0 Å². The maximum atomic E-state index is 14.2. The number of rotatable bonds is 7. The predicted octanol–water partition coefficient (Wildman–Crippen LogP) is 8.25. The van der Waals surface area contributed by atoms with E-state index >= 15 is 0 Å². The van der Waals surface area contributed by atoms with Gasteiger partial charge < -0.3 is 4.57 Å². The molecule has 0 N–H and O–H groups in total. The number of halogens is 1. The highest BCUT2D eigenvalue weighted by Crippen LogP contribution is 2.37. The molecule has 3 heterocycles. The molecule has 0 unspecified atom stereocenters. The molecule has 6 aromatic rings. The molecule has 0 radical (unpaired) electrons. The van der Waals surface area contributed by atoms with Crippen molar-refractivity contribution >= 4 is 39.1 Å². The summed E-state index contributed by atoms with van der Waals surface area (Å²) in [6, 6.07) is 25.7. The summed E-state index contributed by atoms with van der Waals surface area (Å²) in [5.74, 6) is -0.335. The topological polar surface area (TPSA) is 56.9 Å². The Hall–Kier alpha value is -4.27. The first-order valence-corrected chi connectivity index (χ1v) is 15.3. The van der Waals surface area contributed by atoms with Gasteiger partial charge in [0.15, 0.2) is 10.9 Å². The highest BCUT2D eigenvalue weighted by molar-refractivity contribution is 7.99. The largest absolute Gasteiger partial charge is 0.318 e. The number of hydrogen-bond donors (Lipinski definition) is 0. The molecule has 0 saturated heterocycles. The van der Waals surface area contributed by atoms with E-state index in [-0.39, 0.29) is 22.9 Å². The minimum absolute atomic E-state index is 0.0904. The van der Waals surface area contributed by atoms with E-state index < -0.39 is 0 Å². The van der Waals surface area contributed by atoms with E-state index in [1.807, 2.05) is 99.0 Å². The van der Waals surface area contributed by atoms with E-state index in [1.54, 1.807) is 10.6 Å². The molecule has 0 amide bonds. The van der Waals surface area contributed by atoms with Crippen molar-refractivity contribution in [3.63, 3.8) is 0 Å². The molecule has 0 aliphatic rings. The lowest BCUT2D eigenvalue weighted by Crippen LogP contribution is -2.22. The molecule has 42 heavy (non-hydrogen) atoms. The molecular weight excluding hydrogens is 566 g/mol. The van der Waals surface area contributed by atoms with Gasteiger partial charge in [0.2, 0.25) is 0 Å². The van der Waals surface area contributed by atoms with Crippen LogP contribution in [0.15, 0.2) is 94.9 Å². The van der Waals surface area contributed by atoms with Crippen molar-refractivity contribution in [2.24, 2.45) is 0 Å². The molecule has 3 aromatic carbocycles. The van der Waals surface area contributed by atoms with Gasteiger partial charge in [-0.15, -0.1) is 11.3 Å². The van der Waals surface area contributed by atoms with Gasteiger partial charge in [0, 0.05) is 33.1 Å². The lowest BCUT2D eigenvalue weighted by molar-refractivity contribution is 0.102. The number of hydrogen-bond acceptors (Lipinski definition) is 5. The summed E-state index contributed by atoms with van der Waals surface area (Å²) in [6.45, 7) is 7.81. The Labute approximate surface area is 251 Å². The highest BCUT2D eigenvalue weighted by atomic mass is 32.2. The lowest BCUT2D eigenvalue weighted by atomic mass is 10.0. The lowest BCUT2D eigenvalue weighted by Gasteiger charge is -2.13. The van der Waals surface area contributed by atoms with E-state index in [0.717, 1.165) is 33.0 Å². The second-order valence-corrected chi connectivity index (χ2v) is 12.4. The van der Waals surface area contributed by atoms with E-state index in [9.17, 15) is 14.0 Å². The maximum Gasteiger partial charge on any atom is 0.268 e. The van der Waals surface area contributed by atoms with E-state index in [4.69, 9.17) is 4.98 Å². The van der Waals surface area contributed by atoms with Crippen molar-refractivity contribution < 1.29 is 9.18 Å². The minimum Gasteiger partial charge on any atom is -0.318 e. The molecule has 3 aromatic heterocycles. The molecule has 0 atom stereocenters. The minimum atomic E-state index is -0.335. The molecule has 8 heteroatoms. The number of aromatic nitrogens is 3. The van der Waals surface area contributed by atoms with Crippen LogP contribution in [0.5, 0.6) is 0 Å². The van der Waals surface area contributed by atoms with Gasteiger partial charge in [-0.25, -0.2) is 9.37 Å². The Morgan fingerprint density at radius 1 is 0.881 bits per heavy atom. The van der Waals surface area contributed by atoms with E-state index in [0.29, 0.717) is 32.3 Å². The normalized spacial score (nSPS) is 11.4. The quantitative estimate of drug-likeness (QED) is 0.106. The third-order valence-corrected chi connectivity index (χ3v) is 9.29. The molecule has 0 bridgehead atoms. The zero-order chi connectivity index (χ0) is 29.5. The van der Waals surface area contributed by atoms with Gasteiger partial charge >= 0.3 is 0 Å². The number of para-hydroxylation sites is 1. The van der Waals surface area contributed by atoms with Crippen molar-refractivity contribution in [3.8, 4) is 22.5 Å². The molecular formula is C34H28FN3O2S2.